The average Bonchev–Trinajstić information content (AvgIpc) is 2.17. The standard InChI is InChI=1S/C12H25N3O/c1-5-9-15(10-6-2)11-7-8-12(16)13-14(3)4/h7-8H,5-6,9-11H2,1-4H3,(H,13,16). The second-order valence-corrected chi connectivity index (χ2v) is 4.07. The summed E-state index contributed by atoms with van der Waals surface area (Å²) in [6, 6.07) is 0. The first-order chi connectivity index (χ1) is 7.60. The molecule has 16 heavy (non-hydrogen) atoms. The van der Waals surface area contributed by atoms with Crippen molar-refractivity contribution < 1.29 is 4.79 Å². The summed E-state index contributed by atoms with van der Waals surface area (Å²) in [7, 11) is 3.60. The van der Waals surface area contributed by atoms with Crippen molar-refractivity contribution in [3.05, 3.63) is 12.2 Å². The zero-order chi connectivity index (χ0) is 12.4. The molecule has 94 valence electrons. The van der Waals surface area contributed by atoms with E-state index in [0.29, 0.717) is 0 Å². The van der Waals surface area contributed by atoms with Gasteiger partial charge in [0.25, 0.3) is 5.91 Å². The molecule has 0 unspecified atom stereocenters. The van der Waals surface area contributed by atoms with E-state index in [1.807, 2.05) is 6.08 Å². The molecule has 0 aromatic rings. The molecule has 0 saturated carbocycles. The maximum Gasteiger partial charge on any atom is 0.257 e. The topological polar surface area (TPSA) is 35.6 Å². The molecule has 1 amide bonds. The van der Waals surface area contributed by atoms with E-state index in [4.69, 9.17) is 0 Å². The number of rotatable bonds is 8. The first-order valence-electron chi connectivity index (χ1n) is 5.97. The van der Waals surface area contributed by atoms with Crippen LogP contribution >= 0.6 is 0 Å². The van der Waals surface area contributed by atoms with Crippen molar-refractivity contribution in [2.75, 3.05) is 33.7 Å². The summed E-state index contributed by atoms with van der Waals surface area (Å²) in [5, 5.41) is 1.64. The zero-order valence-corrected chi connectivity index (χ0v) is 11.0. The highest BCUT2D eigenvalue weighted by Crippen LogP contribution is 1.94. The van der Waals surface area contributed by atoms with Crippen molar-refractivity contribution in [2.45, 2.75) is 26.7 Å². The first kappa shape index (κ1) is 15.1. The van der Waals surface area contributed by atoms with Crippen LogP contribution in [0.5, 0.6) is 0 Å². The molecule has 4 nitrogen and oxygen atoms in total. The van der Waals surface area contributed by atoms with E-state index >= 15 is 0 Å². The van der Waals surface area contributed by atoms with E-state index in [2.05, 4.69) is 24.2 Å². The molecule has 0 spiro atoms. The lowest BCUT2D eigenvalue weighted by Crippen LogP contribution is -2.35. The summed E-state index contributed by atoms with van der Waals surface area (Å²) in [6.45, 7) is 7.37. The Morgan fingerprint density at radius 1 is 1.19 bits per heavy atom. The predicted octanol–water partition coefficient (Wildman–Crippen LogP) is 1.26. The molecule has 0 aliphatic heterocycles. The third-order valence-electron chi connectivity index (χ3n) is 2.05. The number of nitrogens with zero attached hydrogens (tertiary/aromatic N) is 2. The number of hydrogen-bond acceptors (Lipinski definition) is 3. The molecular weight excluding hydrogens is 202 g/mol. The fourth-order valence-electron chi connectivity index (χ4n) is 1.49. The fourth-order valence-corrected chi connectivity index (χ4v) is 1.49. The number of carbonyl (C=O) groups excluding carboxylic acids is 1. The number of hydrogen-bond donors (Lipinski definition) is 1. The van der Waals surface area contributed by atoms with Crippen LogP contribution in [0.15, 0.2) is 12.2 Å². The van der Waals surface area contributed by atoms with Crippen LogP contribution in [-0.4, -0.2) is 49.5 Å². The van der Waals surface area contributed by atoms with Crippen molar-refractivity contribution in [1.29, 1.82) is 0 Å². The van der Waals surface area contributed by atoms with E-state index in [-0.39, 0.29) is 5.91 Å². The second kappa shape index (κ2) is 9.36. The van der Waals surface area contributed by atoms with Crippen LogP contribution in [-0.2, 0) is 4.79 Å². The minimum Gasteiger partial charge on any atom is -0.300 e. The molecule has 0 bridgehead atoms. The number of amides is 1. The molecule has 4 heteroatoms. The van der Waals surface area contributed by atoms with Crippen LogP contribution in [0.25, 0.3) is 0 Å². The Bertz CT molecular complexity index is 208. The third-order valence-corrected chi connectivity index (χ3v) is 2.05. The minimum atomic E-state index is -0.0713. The smallest absolute Gasteiger partial charge is 0.257 e. The minimum absolute atomic E-state index is 0.0713. The molecule has 0 atom stereocenters. The molecule has 1 N–H and O–H groups in total. The first-order valence-corrected chi connectivity index (χ1v) is 5.97. The van der Waals surface area contributed by atoms with Gasteiger partial charge in [0.05, 0.1) is 0 Å². The van der Waals surface area contributed by atoms with E-state index in [1.54, 1.807) is 25.2 Å². The lowest BCUT2D eigenvalue weighted by atomic mass is 10.3. The van der Waals surface area contributed by atoms with Gasteiger partial charge in [-0.1, -0.05) is 19.9 Å². The molecule has 0 aliphatic carbocycles. The monoisotopic (exact) mass is 227 g/mol. The van der Waals surface area contributed by atoms with Gasteiger partial charge in [0.15, 0.2) is 0 Å². The Morgan fingerprint density at radius 3 is 2.19 bits per heavy atom. The van der Waals surface area contributed by atoms with Crippen LogP contribution in [0, 0.1) is 0 Å². The SMILES string of the molecule is CCCN(CC=CC(=O)NN(C)C)CCC. The molecule has 0 heterocycles. The largest absolute Gasteiger partial charge is 0.300 e. The van der Waals surface area contributed by atoms with Crippen LogP contribution < -0.4 is 5.43 Å². The Kier molecular flexibility index (Phi) is 8.85. The van der Waals surface area contributed by atoms with Gasteiger partial charge in [0, 0.05) is 26.7 Å². The number of hydrazine groups is 1. The lowest BCUT2D eigenvalue weighted by molar-refractivity contribution is -0.120. The Labute approximate surface area is 99.3 Å². The van der Waals surface area contributed by atoms with E-state index in [9.17, 15) is 4.79 Å². The van der Waals surface area contributed by atoms with Crippen LogP contribution in [0.4, 0.5) is 0 Å². The molecule has 0 radical (unpaired) electrons. The molecule has 0 aliphatic rings. The molecular formula is C12H25N3O. The van der Waals surface area contributed by atoms with Gasteiger partial charge in [0.2, 0.25) is 0 Å². The molecule has 0 aromatic heterocycles. The maximum atomic E-state index is 11.3. The van der Waals surface area contributed by atoms with Gasteiger partial charge in [-0.2, -0.15) is 0 Å². The summed E-state index contributed by atoms with van der Waals surface area (Å²) in [5.74, 6) is -0.0713. The fraction of sp³-hybridized carbons (Fsp3) is 0.750. The van der Waals surface area contributed by atoms with E-state index in [1.165, 1.54) is 0 Å². The van der Waals surface area contributed by atoms with Gasteiger partial charge in [-0.15, -0.1) is 0 Å². The normalized spacial score (nSPS) is 11.6. The Hall–Kier alpha value is -0.870. The number of nitrogens with one attached hydrogen (secondary N) is 1. The van der Waals surface area contributed by atoms with Crippen LogP contribution in [0.2, 0.25) is 0 Å². The highest BCUT2D eigenvalue weighted by Gasteiger charge is 2.00. The predicted molar refractivity (Wildman–Crippen MR) is 68.0 cm³/mol. The highest BCUT2D eigenvalue weighted by atomic mass is 16.2. The summed E-state index contributed by atoms with van der Waals surface area (Å²) >= 11 is 0. The Morgan fingerprint density at radius 2 is 1.75 bits per heavy atom. The molecule has 0 fully saturated rings. The summed E-state index contributed by atoms with van der Waals surface area (Å²) < 4.78 is 0. The van der Waals surface area contributed by atoms with E-state index in [0.717, 1.165) is 32.5 Å². The molecule has 0 rings (SSSR count). The van der Waals surface area contributed by atoms with E-state index < -0.39 is 0 Å². The van der Waals surface area contributed by atoms with Gasteiger partial charge in [-0.05, 0) is 25.9 Å². The van der Waals surface area contributed by atoms with Crippen LogP contribution in [0.3, 0.4) is 0 Å². The van der Waals surface area contributed by atoms with Crippen molar-refractivity contribution in [3.63, 3.8) is 0 Å². The van der Waals surface area contributed by atoms with Crippen molar-refractivity contribution in [1.82, 2.24) is 15.3 Å². The van der Waals surface area contributed by atoms with Gasteiger partial charge in [-0.25, -0.2) is 5.01 Å². The summed E-state index contributed by atoms with van der Waals surface area (Å²) in [4.78, 5) is 13.6. The van der Waals surface area contributed by atoms with Crippen molar-refractivity contribution in [2.24, 2.45) is 0 Å². The second-order valence-electron chi connectivity index (χ2n) is 4.07. The quantitative estimate of drug-likeness (QED) is 0.501. The average molecular weight is 227 g/mol. The summed E-state index contributed by atoms with van der Waals surface area (Å²) in [6.07, 6.45) is 5.82. The lowest BCUT2D eigenvalue weighted by Gasteiger charge is -2.18. The van der Waals surface area contributed by atoms with Gasteiger partial charge in [-0.3, -0.25) is 15.1 Å². The zero-order valence-electron chi connectivity index (χ0n) is 11.0. The molecule has 0 aromatic carbocycles. The summed E-state index contributed by atoms with van der Waals surface area (Å²) in [5.41, 5.74) is 2.67. The number of carbonyl (C=O) groups is 1. The van der Waals surface area contributed by atoms with Crippen LogP contribution in [0.1, 0.15) is 26.7 Å². The third kappa shape index (κ3) is 8.44. The van der Waals surface area contributed by atoms with Crippen molar-refractivity contribution in [3.8, 4) is 0 Å². The molecule has 0 saturated heterocycles. The highest BCUT2D eigenvalue weighted by molar-refractivity contribution is 5.86. The van der Waals surface area contributed by atoms with Gasteiger partial charge < -0.3 is 0 Å². The maximum absolute atomic E-state index is 11.3. The van der Waals surface area contributed by atoms with Gasteiger partial charge in [0.1, 0.15) is 0 Å². The van der Waals surface area contributed by atoms with Crippen molar-refractivity contribution >= 4 is 5.91 Å². The Balaban J connectivity index is 3.89. The van der Waals surface area contributed by atoms with Gasteiger partial charge >= 0.3 is 0 Å².